The van der Waals surface area contributed by atoms with Crippen molar-refractivity contribution in [2.24, 2.45) is 23.1 Å². The standard InChI is InChI=1S/C29H41N9O8/c1-15(2)24(38-25(41)18(30)10-16-6-4-3-5-7-16)28(44)36-20(12-23(32)40)27(43)35-19(8-9-22(31)39)26(42)37-21(29(45)46)11-17-13-33-14-34-17/h3-7,13-15,18-21,24H,8-12,30H2,1-2H3,(H2,31,39)(H2,32,40)(H,33,34)(H,35,43)(H,36,44)(H,37,42)(H,38,41)(H,45,46)/t18-,19-,20-,21-,24-/m0/s1. The average Bonchev–Trinajstić information content (AvgIpc) is 3.50. The predicted octanol–water partition coefficient (Wildman–Crippen LogP) is -2.66. The first-order valence-electron chi connectivity index (χ1n) is 14.5. The molecule has 1 heterocycles. The van der Waals surface area contributed by atoms with Crippen molar-refractivity contribution in [3.05, 3.63) is 54.1 Å². The van der Waals surface area contributed by atoms with Gasteiger partial charge in [-0.25, -0.2) is 9.78 Å². The molecular weight excluding hydrogens is 602 g/mol. The number of aliphatic carboxylic acids is 1. The van der Waals surface area contributed by atoms with Crippen molar-refractivity contribution in [3.63, 3.8) is 0 Å². The van der Waals surface area contributed by atoms with Crippen LogP contribution in [-0.4, -0.2) is 86.7 Å². The Morgan fingerprint density at radius 3 is 1.96 bits per heavy atom. The number of benzene rings is 1. The van der Waals surface area contributed by atoms with E-state index in [1.165, 1.54) is 12.5 Å². The van der Waals surface area contributed by atoms with Crippen LogP contribution in [0, 0.1) is 5.92 Å². The summed E-state index contributed by atoms with van der Waals surface area (Å²) in [5, 5.41) is 19.2. The van der Waals surface area contributed by atoms with Gasteiger partial charge < -0.3 is 48.6 Å². The van der Waals surface area contributed by atoms with Gasteiger partial charge in [-0.1, -0.05) is 44.2 Å². The molecular formula is C29H41N9O8. The summed E-state index contributed by atoms with van der Waals surface area (Å²) in [6.45, 7) is 3.28. The molecule has 250 valence electrons. The molecule has 2 rings (SSSR count). The van der Waals surface area contributed by atoms with Crippen molar-refractivity contribution in [2.75, 3.05) is 0 Å². The number of carboxylic acid groups (broad SMARTS) is 1. The van der Waals surface area contributed by atoms with Gasteiger partial charge in [0.2, 0.25) is 35.4 Å². The second-order valence-electron chi connectivity index (χ2n) is 11.0. The molecule has 0 saturated carbocycles. The largest absolute Gasteiger partial charge is 0.480 e. The third-order valence-electron chi connectivity index (χ3n) is 6.82. The number of carbonyl (C=O) groups is 7. The van der Waals surface area contributed by atoms with Gasteiger partial charge in [-0.15, -0.1) is 0 Å². The summed E-state index contributed by atoms with van der Waals surface area (Å²) in [6, 6.07) is 2.27. The Balaban J connectivity index is 2.18. The predicted molar refractivity (Wildman–Crippen MR) is 163 cm³/mol. The van der Waals surface area contributed by atoms with Crippen LogP contribution < -0.4 is 38.5 Å². The third kappa shape index (κ3) is 12.4. The zero-order valence-corrected chi connectivity index (χ0v) is 25.5. The van der Waals surface area contributed by atoms with Gasteiger partial charge in [0.05, 0.1) is 24.5 Å². The number of hydrogen-bond acceptors (Lipinski definition) is 9. The minimum absolute atomic E-state index is 0.196. The quantitative estimate of drug-likeness (QED) is 0.0765. The molecule has 0 unspecified atom stereocenters. The lowest BCUT2D eigenvalue weighted by Gasteiger charge is -2.27. The Bertz CT molecular complexity index is 1370. The number of carboxylic acids is 1. The maximum Gasteiger partial charge on any atom is 0.326 e. The van der Waals surface area contributed by atoms with E-state index in [2.05, 4.69) is 31.2 Å². The second-order valence-corrected chi connectivity index (χ2v) is 11.0. The monoisotopic (exact) mass is 643 g/mol. The fraction of sp³-hybridized carbons (Fsp3) is 0.448. The smallest absolute Gasteiger partial charge is 0.326 e. The SMILES string of the molecule is CC(C)[C@H](NC(=O)[C@@H](N)Cc1ccccc1)C(=O)N[C@@H](CC(N)=O)C(=O)N[C@@H](CCC(N)=O)C(=O)N[C@@H](Cc1c[nH]cn1)C(=O)O. The first-order valence-corrected chi connectivity index (χ1v) is 14.5. The zero-order valence-electron chi connectivity index (χ0n) is 25.5. The normalized spacial score (nSPS) is 14.2. The molecule has 0 bridgehead atoms. The van der Waals surface area contributed by atoms with Crippen molar-refractivity contribution in [1.29, 1.82) is 0 Å². The molecule has 0 aliphatic carbocycles. The van der Waals surface area contributed by atoms with Crippen molar-refractivity contribution in [3.8, 4) is 0 Å². The van der Waals surface area contributed by atoms with Crippen LogP contribution in [-0.2, 0) is 46.4 Å². The molecule has 46 heavy (non-hydrogen) atoms. The van der Waals surface area contributed by atoms with E-state index < -0.39 is 84.0 Å². The van der Waals surface area contributed by atoms with E-state index in [0.29, 0.717) is 5.69 Å². The first-order chi connectivity index (χ1) is 21.7. The molecule has 0 fully saturated rings. The van der Waals surface area contributed by atoms with Gasteiger partial charge >= 0.3 is 5.97 Å². The van der Waals surface area contributed by atoms with Crippen LogP contribution in [0.25, 0.3) is 0 Å². The summed E-state index contributed by atoms with van der Waals surface area (Å²) in [5.74, 6) is -7.12. The Kier molecular flexibility index (Phi) is 14.3. The number of nitrogens with one attached hydrogen (secondary N) is 5. The molecule has 17 heteroatoms. The number of H-pyrrole nitrogens is 1. The molecule has 0 saturated heterocycles. The minimum Gasteiger partial charge on any atom is -0.480 e. The maximum absolute atomic E-state index is 13.3. The van der Waals surface area contributed by atoms with Crippen molar-refractivity contribution in [2.45, 2.75) is 76.2 Å². The third-order valence-corrected chi connectivity index (χ3v) is 6.82. The number of rotatable bonds is 19. The molecule has 5 atom stereocenters. The Morgan fingerprint density at radius 1 is 0.804 bits per heavy atom. The molecule has 0 spiro atoms. The Labute approximate surface area is 264 Å². The van der Waals surface area contributed by atoms with E-state index in [1.807, 2.05) is 6.07 Å². The highest BCUT2D eigenvalue weighted by Crippen LogP contribution is 2.08. The van der Waals surface area contributed by atoms with E-state index >= 15 is 0 Å². The molecule has 2 aromatic rings. The lowest BCUT2D eigenvalue weighted by molar-refractivity contribution is -0.142. The molecule has 17 nitrogen and oxygen atoms in total. The number of aromatic nitrogens is 2. The van der Waals surface area contributed by atoms with Gasteiger partial charge in [0.1, 0.15) is 24.2 Å². The topological polar surface area (TPSA) is 295 Å². The number of hydrogen-bond donors (Lipinski definition) is 9. The highest BCUT2D eigenvalue weighted by Gasteiger charge is 2.33. The summed E-state index contributed by atoms with van der Waals surface area (Å²) < 4.78 is 0. The molecule has 0 radical (unpaired) electrons. The number of aromatic amines is 1. The first kappa shape index (κ1) is 36.9. The number of nitrogens with zero attached hydrogens (tertiary/aromatic N) is 1. The summed E-state index contributed by atoms with van der Waals surface area (Å²) in [6.07, 6.45) is 1.38. The fourth-order valence-corrected chi connectivity index (χ4v) is 4.34. The lowest BCUT2D eigenvalue weighted by atomic mass is 10.0. The van der Waals surface area contributed by atoms with Crippen LogP contribution in [0.5, 0.6) is 0 Å². The Morgan fingerprint density at radius 2 is 1.41 bits per heavy atom. The lowest BCUT2D eigenvalue weighted by Crippen LogP contribution is -2.60. The highest BCUT2D eigenvalue weighted by molar-refractivity contribution is 5.97. The van der Waals surface area contributed by atoms with Crippen LogP contribution in [0.2, 0.25) is 0 Å². The van der Waals surface area contributed by atoms with Crippen molar-refractivity contribution in [1.82, 2.24) is 31.2 Å². The maximum atomic E-state index is 13.3. The molecule has 6 amide bonds. The van der Waals surface area contributed by atoms with E-state index in [0.717, 1.165) is 5.56 Å². The number of imidazole rings is 1. The molecule has 1 aromatic heterocycles. The number of primary amides is 2. The van der Waals surface area contributed by atoms with Gasteiger partial charge in [-0.05, 0) is 24.3 Å². The summed E-state index contributed by atoms with van der Waals surface area (Å²) in [5.41, 5.74) is 17.7. The molecule has 0 aliphatic rings. The molecule has 0 aliphatic heterocycles. The van der Waals surface area contributed by atoms with Gasteiger partial charge in [0, 0.05) is 19.0 Å². The van der Waals surface area contributed by atoms with Crippen LogP contribution >= 0.6 is 0 Å². The van der Waals surface area contributed by atoms with Gasteiger partial charge in [0.25, 0.3) is 0 Å². The number of amides is 6. The van der Waals surface area contributed by atoms with E-state index in [4.69, 9.17) is 17.2 Å². The molecule has 1 aromatic carbocycles. The summed E-state index contributed by atoms with van der Waals surface area (Å²) >= 11 is 0. The summed E-state index contributed by atoms with van der Waals surface area (Å²) in [7, 11) is 0. The van der Waals surface area contributed by atoms with E-state index in [-0.39, 0.29) is 25.7 Å². The van der Waals surface area contributed by atoms with Crippen molar-refractivity contribution >= 4 is 41.4 Å². The van der Waals surface area contributed by atoms with E-state index in [1.54, 1.807) is 38.1 Å². The fourth-order valence-electron chi connectivity index (χ4n) is 4.34. The Hall–Kier alpha value is -5.32. The van der Waals surface area contributed by atoms with E-state index in [9.17, 15) is 38.7 Å². The van der Waals surface area contributed by atoms with Gasteiger partial charge in [-0.3, -0.25) is 28.8 Å². The van der Waals surface area contributed by atoms with Crippen molar-refractivity contribution < 1.29 is 38.7 Å². The average molecular weight is 644 g/mol. The summed E-state index contributed by atoms with van der Waals surface area (Å²) in [4.78, 5) is 94.3. The number of carbonyl (C=O) groups excluding carboxylic acids is 6. The van der Waals surface area contributed by atoms with Crippen LogP contribution in [0.4, 0.5) is 0 Å². The second kappa shape index (κ2) is 17.8. The zero-order chi connectivity index (χ0) is 34.4. The van der Waals surface area contributed by atoms with Crippen LogP contribution in [0.15, 0.2) is 42.9 Å². The van der Waals surface area contributed by atoms with Crippen LogP contribution in [0.3, 0.4) is 0 Å². The minimum atomic E-state index is -1.61. The van der Waals surface area contributed by atoms with Gasteiger partial charge in [0.15, 0.2) is 0 Å². The highest BCUT2D eigenvalue weighted by atomic mass is 16.4. The molecule has 12 N–H and O–H groups in total. The van der Waals surface area contributed by atoms with Gasteiger partial charge in [-0.2, -0.15) is 0 Å². The van der Waals surface area contributed by atoms with Crippen LogP contribution in [0.1, 0.15) is 44.4 Å². The number of nitrogens with two attached hydrogens (primary N) is 3.